The molecule has 8 heteroatoms. The molecule has 1 N–H and O–H groups in total. The fraction of sp³-hybridized carbons (Fsp3) is 0.462. The van der Waals surface area contributed by atoms with Crippen molar-refractivity contribution in [3.05, 3.63) is 66.2 Å². The van der Waals surface area contributed by atoms with E-state index in [4.69, 9.17) is 4.42 Å². The molecule has 1 aromatic carbocycles. The monoisotopic (exact) mass is 485 g/mol. The summed E-state index contributed by atoms with van der Waals surface area (Å²) in [7, 11) is -3.69. The van der Waals surface area contributed by atoms with E-state index in [1.165, 1.54) is 0 Å². The molecular formula is C26H35N3O4S. The van der Waals surface area contributed by atoms with Crippen molar-refractivity contribution in [2.45, 2.75) is 53.6 Å². The van der Waals surface area contributed by atoms with Crippen LogP contribution in [-0.2, 0) is 27.8 Å². The van der Waals surface area contributed by atoms with Crippen LogP contribution in [-0.4, -0.2) is 42.5 Å². The lowest BCUT2D eigenvalue weighted by atomic mass is 10.0. The van der Waals surface area contributed by atoms with Gasteiger partial charge in [-0.1, -0.05) is 46.8 Å². The normalized spacial score (nSPS) is 13.4. The molecule has 0 bridgehead atoms. The third kappa shape index (κ3) is 7.67. The van der Waals surface area contributed by atoms with Crippen molar-refractivity contribution in [1.82, 2.24) is 14.6 Å². The highest BCUT2D eigenvalue weighted by Gasteiger charge is 2.31. The molecule has 1 atom stereocenters. The van der Waals surface area contributed by atoms with Crippen LogP contribution in [0.3, 0.4) is 0 Å². The van der Waals surface area contributed by atoms with Gasteiger partial charge < -0.3 is 9.32 Å². The van der Waals surface area contributed by atoms with Crippen LogP contribution in [0.4, 0.5) is 0 Å². The maximum Gasteiger partial charge on any atom is 0.241 e. The van der Waals surface area contributed by atoms with Gasteiger partial charge in [0.1, 0.15) is 11.6 Å². The molecule has 0 radical (unpaired) electrons. The molecule has 0 fully saturated rings. The summed E-state index contributed by atoms with van der Waals surface area (Å²) < 4.78 is 34.1. The molecule has 0 aliphatic heterocycles. The number of carbonyl (C=O) groups excluding carboxylic acids is 1. The molecule has 0 aliphatic carbocycles. The van der Waals surface area contributed by atoms with Crippen LogP contribution >= 0.6 is 0 Å². The Balaban J connectivity index is 1.89. The van der Waals surface area contributed by atoms with Gasteiger partial charge in [0.25, 0.3) is 0 Å². The standard InChI is InChI=1S/C26H35N3O4S/c1-19(2)16-29(17-21-8-9-24-22(13-21)10-12-33-24)25(30)23(14-20-7-6-11-27-15-20)28-34(31,32)18-26(3,4)5/h6-13,15,19,23,28H,14,16-18H2,1-5H3/t23-/m0/s1. The molecule has 0 unspecified atom stereocenters. The fourth-order valence-corrected chi connectivity index (χ4v) is 5.83. The van der Waals surface area contributed by atoms with Gasteiger partial charge in [0.05, 0.1) is 12.0 Å². The van der Waals surface area contributed by atoms with E-state index in [2.05, 4.69) is 9.71 Å². The average molecular weight is 486 g/mol. The topological polar surface area (TPSA) is 92.5 Å². The van der Waals surface area contributed by atoms with Gasteiger partial charge in [-0.25, -0.2) is 13.1 Å². The summed E-state index contributed by atoms with van der Waals surface area (Å²) >= 11 is 0. The Morgan fingerprint density at radius 2 is 1.91 bits per heavy atom. The second-order valence-electron chi connectivity index (χ2n) is 10.5. The van der Waals surface area contributed by atoms with Gasteiger partial charge in [-0.05, 0) is 53.1 Å². The molecule has 7 nitrogen and oxygen atoms in total. The number of rotatable bonds is 10. The first-order valence-electron chi connectivity index (χ1n) is 11.6. The molecule has 3 aromatic rings. The lowest BCUT2D eigenvalue weighted by Crippen LogP contribution is -2.51. The van der Waals surface area contributed by atoms with Crippen molar-refractivity contribution in [3.8, 4) is 0 Å². The summed E-state index contributed by atoms with van der Waals surface area (Å²) in [5, 5.41) is 0.965. The van der Waals surface area contributed by atoms with E-state index in [9.17, 15) is 13.2 Å². The largest absolute Gasteiger partial charge is 0.464 e. The second-order valence-corrected chi connectivity index (χ2v) is 12.2. The molecule has 2 aromatic heterocycles. The van der Waals surface area contributed by atoms with Crippen LogP contribution < -0.4 is 4.72 Å². The maximum absolute atomic E-state index is 13.8. The fourth-order valence-electron chi connectivity index (χ4n) is 3.99. The van der Waals surface area contributed by atoms with E-state index in [0.29, 0.717) is 13.1 Å². The molecule has 2 heterocycles. The van der Waals surface area contributed by atoms with Crippen LogP contribution in [0, 0.1) is 11.3 Å². The van der Waals surface area contributed by atoms with Crippen LogP contribution in [0.1, 0.15) is 45.7 Å². The Bertz CT molecular complexity index is 1200. The molecule has 0 spiro atoms. The van der Waals surface area contributed by atoms with Gasteiger partial charge in [-0.3, -0.25) is 9.78 Å². The van der Waals surface area contributed by atoms with Gasteiger partial charge in [0.15, 0.2) is 0 Å². The molecule has 184 valence electrons. The number of carbonyl (C=O) groups is 1. The number of fused-ring (bicyclic) bond motifs is 1. The minimum absolute atomic E-state index is 0.0713. The van der Waals surface area contributed by atoms with Crippen molar-refractivity contribution in [2.24, 2.45) is 11.3 Å². The molecule has 0 saturated heterocycles. The van der Waals surface area contributed by atoms with Gasteiger partial charge in [0, 0.05) is 30.9 Å². The molecule has 0 aliphatic rings. The quantitative estimate of drug-likeness (QED) is 0.460. The minimum atomic E-state index is -3.69. The number of sulfonamides is 1. The predicted octanol–water partition coefficient (Wildman–Crippen LogP) is 4.39. The van der Waals surface area contributed by atoms with Crippen LogP contribution in [0.25, 0.3) is 11.0 Å². The lowest BCUT2D eigenvalue weighted by Gasteiger charge is -2.30. The number of nitrogens with zero attached hydrogens (tertiary/aromatic N) is 2. The third-order valence-corrected chi connectivity index (χ3v) is 7.08. The van der Waals surface area contributed by atoms with E-state index in [1.54, 1.807) is 29.6 Å². The molecule has 1 amide bonds. The van der Waals surface area contributed by atoms with Crippen LogP contribution in [0.5, 0.6) is 0 Å². The second kappa shape index (κ2) is 10.7. The number of amides is 1. The zero-order valence-corrected chi connectivity index (χ0v) is 21.4. The van der Waals surface area contributed by atoms with E-state index >= 15 is 0 Å². The summed E-state index contributed by atoms with van der Waals surface area (Å²) in [6.45, 7) is 10.6. The predicted molar refractivity (Wildman–Crippen MR) is 135 cm³/mol. The zero-order valence-electron chi connectivity index (χ0n) is 20.6. The maximum atomic E-state index is 13.8. The summed E-state index contributed by atoms with van der Waals surface area (Å²) in [5.74, 6) is -0.104. The average Bonchev–Trinajstić information content (AvgIpc) is 3.18. The number of aromatic nitrogens is 1. The number of hydrogen-bond acceptors (Lipinski definition) is 5. The van der Waals surface area contributed by atoms with Gasteiger partial charge in [-0.2, -0.15) is 0 Å². The molecule has 0 saturated carbocycles. The summed E-state index contributed by atoms with van der Waals surface area (Å²) in [4.78, 5) is 19.7. The number of hydrogen-bond donors (Lipinski definition) is 1. The van der Waals surface area contributed by atoms with Crippen LogP contribution in [0.2, 0.25) is 0 Å². The van der Waals surface area contributed by atoms with Crippen molar-refractivity contribution in [1.29, 1.82) is 0 Å². The van der Waals surface area contributed by atoms with Crippen molar-refractivity contribution in [2.75, 3.05) is 12.3 Å². The Labute approximate surface area is 202 Å². The van der Waals surface area contributed by atoms with Crippen LogP contribution in [0.15, 0.2) is 59.5 Å². The van der Waals surface area contributed by atoms with Crippen molar-refractivity contribution in [3.63, 3.8) is 0 Å². The molecule has 34 heavy (non-hydrogen) atoms. The number of furan rings is 1. The highest BCUT2D eigenvalue weighted by Crippen LogP contribution is 2.20. The van der Waals surface area contributed by atoms with Gasteiger partial charge in [0.2, 0.25) is 15.9 Å². The first-order valence-corrected chi connectivity index (χ1v) is 13.2. The zero-order chi connectivity index (χ0) is 24.9. The third-order valence-electron chi connectivity index (χ3n) is 5.19. The van der Waals surface area contributed by atoms with Crippen molar-refractivity contribution < 1.29 is 17.6 Å². The number of benzene rings is 1. The molecule has 3 rings (SSSR count). The highest BCUT2D eigenvalue weighted by molar-refractivity contribution is 7.89. The SMILES string of the molecule is CC(C)CN(Cc1ccc2occc2c1)C(=O)[C@H](Cc1cccnc1)NS(=O)(=O)CC(C)(C)C. The number of nitrogens with one attached hydrogen (secondary N) is 1. The first kappa shape index (κ1) is 25.9. The van der Waals surface area contributed by atoms with E-state index in [-0.39, 0.29) is 24.0 Å². The molecular weight excluding hydrogens is 450 g/mol. The lowest BCUT2D eigenvalue weighted by molar-refractivity contribution is -0.134. The van der Waals surface area contributed by atoms with E-state index < -0.39 is 21.5 Å². The summed E-state index contributed by atoms with van der Waals surface area (Å²) in [6, 6.07) is 10.4. The van der Waals surface area contributed by atoms with E-state index in [1.807, 2.05) is 65.0 Å². The number of pyridine rings is 1. The Hall–Kier alpha value is -2.71. The first-order chi connectivity index (χ1) is 15.9. The van der Waals surface area contributed by atoms with Gasteiger partial charge >= 0.3 is 0 Å². The summed E-state index contributed by atoms with van der Waals surface area (Å²) in [6.07, 6.45) is 5.18. The highest BCUT2D eigenvalue weighted by atomic mass is 32.2. The van der Waals surface area contributed by atoms with E-state index in [0.717, 1.165) is 22.1 Å². The smallest absolute Gasteiger partial charge is 0.241 e. The van der Waals surface area contributed by atoms with Gasteiger partial charge in [-0.15, -0.1) is 0 Å². The minimum Gasteiger partial charge on any atom is -0.464 e. The summed E-state index contributed by atoms with van der Waals surface area (Å²) in [5.41, 5.74) is 2.10. The Morgan fingerprint density at radius 3 is 2.56 bits per heavy atom. The Morgan fingerprint density at radius 1 is 1.15 bits per heavy atom. The van der Waals surface area contributed by atoms with Crippen molar-refractivity contribution >= 4 is 26.9 Å². The Kier molecular flexibility index (Phi) is 8.15.